The number of hydrogen-bond acceptors (Lipinski definition) is 4. The van der Waals surface area contributed by atoms with Gasteiger partial charge in [-0.25, -0.2) is 18.0 Å². The predicted octanol–water partition coefficient (Wildman–Crippen LogP) is 8.79. The first-order chi connectivity index (χ1) is 19.4. The molecule has 0 radical (unpaired) electrons. The van der Waals surface area contributed by atoms with Crippen molar-refractivity contribution in [3.8, 4) is 39.5 Å². The van der Waals surface area contributed by atoms with Gasteiger partial charge in [-0.2, -0.15) is 0 Å². The predicted molar refractivity (Wildman–Crippen MR) is 149 cm³/mol. The summed E-state index contributed by atoms with van der Waals surface area (Å²) in [6.07, 6.45) is 4.24. The van der Waals surface area contributed by atoms with Crippen molar-refractivity contribution in [2.75, 3.05) is 13.2 Å². The molecule has 0 saturated heterocycles. The molecule has 206 valence electrons. The number of esters is 1. The number of rotatable bonds is 12. The molecular formula is C33H29F3O4. The van der Waals surface area contributed by atoms with Gasteiger partial charge in [0, 0.05) is 17.2 Å². The Labute approximate surface area is 231 Å². The van der Waals surface area contributed by atoms with Crippen molar-refractivity contribution in [1.29, 1.82) is 0 Å². The van der Waals surface area contributed by atoms with Crippen LogP contribution in [0.5, 0.6) is 17.2 Å². The van der Waals surface area contributed by atoms with Crippen LogP contribution in [0.15, 0.2) is 91.5 Å². The fraction of sp³-hybridized carbons (Fsp3) is 0.182. The standard InChI is InChI=1S/C33H29F3O4/c1-3-5-19-38-25-13-11-23(12-14-25)28-17-16-27(31(35)32(28)36)22-7-9-24(10-8-22)33(37)40-30-18-15-26(21-29(30)34)39-20-6-4-2/h4,7-18,21H,2-3,5-6,19-20H2,1H3. The first-order valence-electron chi connectivity index (χ1n) is 13.0. The third kappa shape index (κ3) is 6.91. The molecule has 0 unspecified atom stereocenters. The molecule has 0 bridgehead atoms. The van der Waals surface area contributed by atoms with Crippen molar-refractivity contribution in [3.63, 3.8) is 0 Å². The van der Waals surface area contributed by atoms with Crippen LogP contribution in [-0.2, 0) is 0 Å². The van der Waals surface area contributed by atoms with Crippen molar-refractivity contribution in [1.82, 2.24) is 0 Å². The van der Waals surface area contributed by atoms with Crippen molar-refractivity contribution < 1.29 is 32.2 Å². The number of halogens is 3. The van der Waals surface area contributed by atoms with Crippen molar-refractivity contribution >= 4 is 5.97 Å². The van der Waals surface area contributed by atoms with Gasteiger partial charge in [0.05, 0.1) is 18.8 Å². The highest BCUT2D eigenvalue weighted by molar-refractivity contribution is 5.91. The molecule has 4 nitrogen and oxygen atoms in total. The molecule has 4 aromatic rings. The van der Waals surface area contributed by atoms with E-state index in [4.69, 9.17) is 14.2 Å². The lowest BCUT2D eigenvalue weighted by Crippen LogP contribution is -2.09. The highest BCUT2D eigenvalue weighted by Gasteiger charge is 2.18. The molecule has 0 fully saturated rings. The molecule has 0 aliphatic rings. The highest BCUT2D eigenvalue weighted by Crippen LogP contribution is 2.32. The van der Waals surface area contributed by atoms with Crippen molar-refractivity contribution in [2.24, 2.45) is 0 Å². The number of carbonyl (C=O) groups excluding carboxylic acids is 1. The van der Waals surface area contributed by atoms with Gasteiger partial charge in [-0.15, -0.1) is 6.58 Å². The van der Waals surface area contributed by atoms with Gasteiger partial charge in [-0.05, 0) is 60.4 Å². The van der Waals surface area contributed by atoms with Crippen LogP contribution >= 0.6 is 0 Å². The zero-order chi connectivity index (χ0) is 28.5. The average Bonchev–Trinajstić information content (AvgIpc) is 2.97. The fourth-order valence-corrected chi connectivity index (χ4v) is 3.92. The van der Waals surface area contributed by atoms with Crippen LogP contribution in [-0.4, -0.2) is 19.2 Å². The number of ether oxygens (including phenoxy) is 3. The summed E-state index contributed by atoms with van der Waals surface area (Å²) >= 11 is 0. The van der Waals surface area contributed by atoms with Crippen LogP contribution in [0.3, 0.4) is 0 Å². The van der Waals surface area contributed by atoms with E-state index >= 15 is 8.78 Å². The van der Waals surface area contributed by atoms with Gasteiger partial charge in [-0.1, -0.05) is 55.8 Å². The van der Waals surface area contributed by atoms with E-state index in [0.717, 1.165) is 18.9 Å². The number of benzene rings is 4. The quantitative estimate of drug-likeness (QED) is 0.0771. The summed E-state index contributed by atoms with van der Waals surface area (Å²) < 4.78 is 60.7. The Morgan fingerprint density at radius 2 is 1.35 bits per heavy atom. The molecule has 0 aliphatic carbocycles. The molecule has 0 aliphatic heterocycles. The van der Waals surface area contributed by atoms with Gasteiger partial charge in [0.2, 0.25) is 0 Å². The Morgan fingerprint density at radius 3 is 1.93 bits per heavy atom. The molecule has 4 rings (SSSR count). The smallest absolute Gasteiger partial charge is 0.343 e. The minimum atomic E-state index is -1.01. The lowest BCUT2D eigenvalue weighted by atomic mass is 9.98. The molecule has 0 heterocycles. The summed E-state index contributed by atoms with van der Waals surface area (Å²) in [7, 11) is 0. The van der Waals surface area contributed by atoms with Gasteiger partial charge in [-0.3, -0.25) is 0 Å². The molecular weight excluding hydrogens is 517 g/mol. The summed E-state index contributed by atoms with van der Waals surface area (Å²) in [6, 6.07) is 19.5. The van der Waals surface area contributed by atoms with Crippen LogP contribution in [0.2, 0.25) is 0 Å². The van der Waals surface area contributed by atoms with Gasteiger partial charge in [0.15, 0.2) is 23.2 Å². The van der Waals surface area contributed by atoms with Crippen LogP contribution in [0.25, 0.3) is 22.3 Å². The normalized spacial score (nSPS) is 10.7. The van der Waals surface area contributed by atoms with E-state index in [1.54, 1.807) is 30.3 Å². The number of carbonyl (C=O) groups is 1. The van der Waals surface area contributed by atoms with E-state index in [1.807, 2.05) is 0 Å². The number of hydrogen-bond donors (Lipinski definition) is 0. The maximum absolute atomic E-state index is 15.1. The Morgan fingerprint density at radius 1 is 0.775 bits per heavy atom. The van der Waals surface area contributed by atoms with E-state index in [0.29, 0.717) is 42.3 Å². The molecule has 40 heavy (non-hydrogen) atoms. The molecule has 0 spiro atoms. The first kappa shape index (κ1) is 28.5. The summed E-state index contributed by atoms with van der Waals surface area (Å²) in [4.78, 5) is 12.6. The zero-order valence-corrected chi connectivity index (χ0v) is 22.1. The molecule has 0 atom stereocenters. The van der Waals surface area contributed by atoms with E-state index in [9.17, 15) is 9.18 Å². The van der Waals surface area contributed by atoms with Crippen LogP contribution in [0, 0.1) is 17.5 Å². The Kier molecular flexibility index (Phi) is 9.62. The highest BCUT2D eigenvalue weighted by atomic mass is 19.2. The maximum Gasteiger partial charge on any atom is 0.343 e. The summed E-state index contributed by atoms with van der Waals surface area (Å²) in [5, 5.41) is 0. The zero-order valence-electron chi connectivity index (χ0n) is 22.1. The molecule has 4 aromatic carbocycles. The largest absolute Gasteiger partial charge is 0.494 e. The Balaban J connectivity index is 1.45. The van der Waals surface area contributed by atoms with E-state index in [1.165, 1.54) is 48.5 Å². The second-order valence-electron chi connectivity index (χ2n) is 9.00. The van der Waals surface area contributed by atoms with Gasteiger partial charge in [0.25, 0.3) is 0 Å². The van der Waals surface area contributed by atoms with Crippen molar-refractivity contribution in [2.45, 2.75) is 26.2 Å². The average molecular weight is 547 g/mol. The second-order valence-corrected chi connectivity index (χ2v) is 9.00. The van der Waals surface area contributed by atoms with E-state index < -0.39 is 23.4 Å². The molecule has 0 aromatic heterocycles. The monoisotopic (exact) mass is 546 g/mol. The van der Waals surface area contributed by atoms with Gasteiger partial charge in [0.1, 0.15) is 11.5 Å². The summed E-state index contributed by atoms with van der Waals surface area (Å²) in [6.45, 7) is 6.61. The Bertz CT molecular complexity index is 1460. The third-order valence-corrected chi connectivity index (χ3v) is 6.14. The van der Waals surface area contributed by atoms with Gasteiger partial charge >= 0.3 is 5.97 Å². The van der Waals surface area contributed by atoms with Crippen LogP contribution < -0.4 is 14.2 Å². The summed E-state index contributed by atoms with van der Waals surface area (Å²) in [5.74, 6) is -2.82. The molecule has 0 N–H and O–H groups in total. The van der Waals surface area contributed by atoms with E-state index in [2.05, 4.69) is 13.5 Å². The molecule has 7 heteroatoms. The lowest BCUT2D eigenvalue weighted by Gasteiger charge is -2.11. The minimum absolute atomic E-state index is 0.0405. The number of unbranched alkanes of at least 4 members (excludes halogenated alkanes) is 1. The van der Waals surface area contributed by atoms with Crippen LogP contribution in [0.4, 0.5) is 13.2 Å². The third-order valence-electron chi connectivity index (χ3n) is 6.14. The summed E-state index contributed by atoms with van der Waals surface area (Å²) in [5.41, 5.74) is 1.17. The second kappa shape index (κ2) is 13.5. The first-order valence-corrected chi connectivity index (χ1v) is 13.0. The SMILES string of the molecule is C=CCCOc1ccc(OC(=O)c2ccc(-c3ccc(-c4ccc(OCCCC)cc4)c(F)c3F)cc2)c(F)c1. The molecule has 0 amide bonds. The molecule has 0 saturated carbocycles. The van der Waals surface area contributed by atoms with Gasteiger partial charge < -0.3 is 14.2 Å². The lowest BCUT2D eigenvalue weighted by molar-refractivity contribution is 0.0727. The Hall–Kier alpha value is -4.52. The van der Waals surface area contributed by atoms with Crippen molar-refractivity contribution in [3.05, 3.63) is 115 Å². The topological polar surface area (TPSA) is 44.8 Å². The minimum Gasteiger partial charge on any atom is -0.494 e. The fourth-order valence-electron chi connectivity index (χ4n) is 3.92. The van der Waals surface area contributed by atoms with Crippen LogP contribution in [0.1, 0.15) is 36.5 Å². The van der Waals surface area contributed by atoms with E-state index in [-0.39, 0.29) is 22.4 Å². The maximum atomic E-state index is 15.1.